The Morgan fingerprint density at radius 1 is 1.33 bits per heavy atom. The van der Waals surface area contributed by atoms with Gasteiger partial charge in [0.25, 0.3) is 0 Å². The van der Waals surface area contributed by atoms with Crippen LogP contribution in [0.3, 0.4) is 0 Å². The fourth-order valence-electron chi connectivity index (χ4n) is 4.39. The molecule has 0 saturated heterocycles. The average molecular weight is 244 g/mol. The molecular weight excluding hydrogens is 228 g/mol. The molecule has 0 spiro atoms. The molecule has 94 valence electrons. The molecule has 3 saturated carbocycles. The van der Waals surface area contributed by atoms with Crippen LogP contribution in [-0.2, 0) is 0 Å². The van der Waals surface area contributed by atoms with Gasteiger partial charge >= 0.3 is 5.97 Å². The fourth-order valence-corrected chi connectivity index (χ4v) is 4.39. The van der Waals surface area contributed by atoms with Crippen LogP contribution in [0.2, 0.25) is 0 Å². The maximum Gasteiger partial charge on any atom is 0.337 e. The highest BCUT2D eigenvalue weighted by atomic mass is 16.4. The summed E-state index contributed by atoms with van der Waals surface area (Å²) in [5.41, 5.74) is 1.02. The molecule has 2 bridgehead atoms. The number of carboxylic acid groups (broad SMARTS) is 1. The van der Waals surface area contributed by atoms with Crippen LogP contribution >= 0.6 is 0 Å². The fraction of sp³-hybridized carbons (Fsp3) is 0.571. The van der Waals surface area contributed by atoms with E-state index in [1.165, 1.54) is 25.5 Å². The number of nitrogens with zero attached hydrogens (tertiary/aromatic N) is 1. The van der Waals surface area contributed by atoms with E-state index < -0.39 is 5.97 Å². The van der Waals surface area contributed by atoms with E-state index in [1.807, 2.05) is 0 Å². The Labute approximate surface area is 105 Å². The molecule has 4 unspecified atom stereocenters. The topological polar surface area (TPSA) is 62.2 Å². The number of aromatic nitrogens is 1. The average Bonchev–Trinajstić information content (AvgIpc) is 2.78. The highest BCUT2D eigenvalue weighted by molar-refractivity contribution is 5.94. The second-order valence-electron chi connectivity index (χ2n) is 5.88. The van der Waals surface area contributed by atoms with Crippen molar-refractivity contribution >= 4 is 11.7 Å². The maximum atomic E-state index is 11.1. The normalized spacial score (nSPS) is 39.4. The first kappa shape index (κ1) is 10.4. The lowest BCUT2D eigenvalue weighted by Crippen LogP contribution is -2.15. The van der Waals surface area contributed by atoms with Crippen molar-refractivity contribution in [1.82, 2.24) is 4.98 Å². The smallest absolute Gasteiger partial charge is 0.337 e. The van der Waals surface area contributed by atoms with E-state index in [0.29, 0.717) is 17.3 Å². The molecule has 3 fully saturated rings. The van der Waals surface area contributed by atoms with Crippen LogP contribution < -0.4 is 5.32 Å². The molecule has 4 atom stereocenters. The molecule has 0 radical (unpaired) electrons. The Morgan fingerprint density at radius 2 is 2.06 bits per heavy atom. The van der Waals surface area contributed by atoms with Gasteiger partial charge in [-0.15, -0.1) is 0 Å². The zero-order valence-corrected chi connectivity index (χ0v) is 10.0. The van der Waals surface area contributed by atoms with Crippen molar-refractivity contribution in [2.24, 2.45) is 23.7 Å². The molecule has 3 aliphatic rings. The van der Waals surface area contributed by atoms with Crippen molar-refractivity contribution in [3.8, 4) is 0 Å². The van der Waals surface area contributed by atoms with E-state index in [-0.39, 0.29) is 0 Å². The number of hydrogen-bond acceptors (Lipinski definition) is 3. The Morgan fingerprint density at radius 3 is 2.72 bits per heavy atom. The predicted octanol–water partition coefficient (Wildman–Crippen LogP) is 2.24. The van der Waals surface area contributed by atoms with Crippen LogP contribution in [0.1, 0.15) is 29.6 Å². The third-order valence-corrected chi connectivity index (χ3v) is 5.11. The summed E-state index contributed by atoms with van der Waals surface area (Å²) in [6.45, 7) is 0. The molecule has 2 N–H and O–H groups in total. The van der Waals surface area contributed by atoms with E-state index in [2.05, 4.69) is 10.3 Å². The molecular formula is C14H16N2O2. The van der Waals surface area contributed by atoms with Crippen molar-refractivity contribution < 1.29 is 9.90 Å². The largest absolute Gasteiger partial charge is 0.478 e. The molecule has 4 nitrogen and oxygen atoms in total. The second kappa shape index (κ2) is 3.46. The molecule has 0 aromatic carbocycles. The summed E-state index contributed by atoms with van der Waals surface area (Å²) in [5, 5.41) is 12.6. The number of rotatable bonds is 3. The Bertz CT molecular complexity index is 500. The molecule has 3 aliphatic carbocycles. The first-order valence-electron chi connectivity index (χ1n) is 6.69. The Balaban J connectivity index is 1.55. The maximum absolute atomic E-state index is 11.1. The monoisotopic (exact) mass is 244 g/mol. The number of hydrogen-bond donors (Lipinski definition) is 2. The second-order valence-corrected chi connectivity index (χ2v) is 5.88. The van der Waals surface area contributed by atoms with Crippen LogP contribution in [0.5, 0.6) is 0 Å². The lowest BCUT2D eigenvalue weighted by Gasteiger charge is -2.13. The Hall–Kier alpha value is -1.58. The van der Waals surface area contributed by atoms with E-state index in [0.717, 1.165) is 23.7 Å². The minimum Gasteiger partial charge on any atom is -0.478 e. The van der Waals surface area contributed by atoms with E-state index in [4.69, 9.17) is 5.11 Å². The van der Waals surface area contributed by atoms with Gasteiger partial charge in [0.1, 0.15) is 0 Å². The van der Waals surface area contributed by atoms with Gasteiger partial charge in [-0.25, -0.2) is 4.79 Å². The van der Waals surface area contributed by atoms with Gasteiger partial charge in [-0.3, -0.25) is 4.98 Å². The Kier molecular flexibility index (Phi) is 1.99. The zero-order valence-electron chi connectivity index (χ0n) is 10.0. The molecule has 4 rings (SSSR count). The van der Waals surface area contributed by atoms with Gasteiger partial charge in [-0.2, -0.15) is 0 Å². The minimum atomic E-state index is -0.881. The quantitative estimate of drug-likeness (QED) is 0.856. The summed E-state index contributed by atoms with van der Waals surface area (Å²) in [6, 6.07) is 2.07. The van der Waals surface area contributed by atoms with Gasteiger partial charge in [-0.1, -0.05) is 0 Å². The van der Waals surface area contributed by atoms with Gasteiger partial charge in [-0.05, 0) is 49.0 Å². The van der Waals surface area contributed by atoms with E-state index >= 15 is 0 Å². The first-order chi connectivity index (χ1) is 8.75. The van der Waals surface area contributed by atoms with Crippen molar-refractivity contribution in [3.05, 3.63) is 24.0 Å². The van der Waals surface area contributed by atoms with Gasteiger partial charge in [0.05, 0.1) is 17.4 Å². The van der Waals surface area contributed by atoms with E-state index in [1.54, 1.807) is 12.3 Å². The number of aromatic carboxylic acids is 1. The van der Waals surface area contributed by atoms with Crippen LogP contribution in [0.15, 0.2) is 18.5 Å². The first-order valence-corrected chi connectivity index (χ1v) is 6.69. The van der Waals surface area contributed by atoms with Crippen LogP contribution in [0.4, 0.5) is 5.69 Å². The molecule has 4 heteroatoms. The van der Waals surface area contributed by atoms with E-state index in [9.17, 15) is 4.79 Å². The van der Waals surface area contributed by atoms with Gasteiger partial charge < -0.3 is 10.4 Å². The number of carboxylic acids is 1. The van der Waals surface area contributed by atoms with Crippen molar-refractivity contribution in [2.45, 2.75) is 25.3 Å². The number of fused-ring (bicyclic) bond motifs is 5. The summed E-state index contributed by atoms with van der Waals surface area (Å²) in [5.74, 6) is 2.50. The van der Waals surface area contributed by atoms with Crippen molar-refractivity contribution in [3.63, 3.8) is 0 Å². The molecule has 0 amide bonds. The summed E-state index contributed by atoms with van der Waals surface area (Å²) < 4.78 is 0. The summed E-state index contributed by atoms with van der Waals surface area (Å²) >= 11 is 0. The SMILES string of the molecule is O=C(O)c1ccncc1NC1C2C3CCC(C3)C12. The molecule has 18 heavy (non-hydrogen) atoms. The van der Waals surface area contributed by atoms with Crippen LogP contribution in [0.25, 0.3) is 0 Å². The molecule has 0 aliphatic heterocycles. The lowest BCUT2D eigenvalue weighted by molar-refractivity contribution is 0.0698. The lowest BCUT2D eigenvalue weighted by atomic mass is 10.0. The molecule has 1 aromatic rings. The number of nitrogens with one attached hydrogen (secondary N) is 1. The van der Waals surface area contributed by atoms with Gasteiger partial charge in [0.2, 0.25) is 0 Å². The van der Waals surface area contributed by atoms with Crippen molar-refractivity contribution in [2.75, 3.05) is 5.32 Å². The standard InChI is InChI=1S/C14H16N2O2/c17-14(18)9-3-4-15-6-10(9)16-13-11-7-1-2-8(5-7)12(11)13/h3-4,6-8,11-13,16H,1-2,5H2,(H,17,18). The third-order valence-electron chi connectivity index (χ3n) is 5.11. The summed E-state index contributed by atoms with van der Waals surface area (Å²) in [7, 11) is 0. The number of carbonyl (C=O) groups is 1. The summed E-state index contributed by atoms with van der Waals surface area (Å²) in [4.78, 5) is 15.2. The van der Waals surface area contributed by atoms with Crippen molar-refractivity contribution in [1.29, 1.82) is 0 Å². The predicted molar refractivity (Wildman–Crippen MR) is 66.4 cm³/mol. The van der Waals surface area contributed by atoms with Gasteiger partial charge in [0, 0.05) is 12.2 Å². The highest BCUT2D eigenvalue weighted by Crippen LogP contribution is 2.66. The highest BCUT2D eigenvalue weighted by Gasteiger charge is 2.65. The summed E-state index contributed by atoms with van der Waals surface area (Å²) in [6.07, 6.45) is 7.34. The number of pyridine rings is 1. The molecule has 1 aromatic heterocycles. The third kappa shape index (κ3) is 1.32. The molecule has 1 heterocycles. The van der Waals surface area contributed by atoms with Crippen LogP contribution in [-0.4, -0.2) is 22.1 Å². The number of anilines is 1. The zero-order chi connectivity index (χ0) is 12.3. The van der Waals surface area contributed by atoms with Crippen LogP contribution in [0, 0.1) is 23.7 Å². The van der Waals surface area contributed by atoms with Gasteiger partial charge in [0.15, 0.2) is 0 Å². The minimum absolute atomic E-state index is 0.335.